The van der Waals surface area contributed by atoms with Gasteiger partial charge >= 0.3 is 0 Å². The van der Waals surface area contributed by atoms with Crippen molar-refractivity contribution in [1.82, 2.24) is 10.2 Å². The molecular formula is C29H34ClN3O4S. The lowest BCUT2D eigenvalue weighted by Gasteiger charge is -2.32. The van der Waals surface area contributed by atoms with E-state index in [4.69, 9.17) is 11.6 Å². The lowest BCUT2D eigenvalue weighted by molar-refractivity contribution is -0.139. The van der Waals surface area contributed by atoms with Gasteiger partial charge in [0.05, 0.1) is 10.6 Å². The van der Waals surface area contributed by atoms with Crippen LogP contribution in [0.3, 0.4) is 0 Å². The zero-order chi connectivity index (χ0) is 27.9. The van der Waals surface area contributed by atoms with Gasteiger partial charge < -0.3 is 10.2 Å². The molecule has 0 bridgehead atoms. The van der Waals surface area contributed by atoms with Crippen LogP contribution in [0.4, 0.5) is 5.69 Å². The molecule has 3 rings (SSSR count). The van der Waals surface area contributed by atoms with Crippen LogP contribution in [0.5, 0.6) is 0 Å². The van der Waals surface area contributed by atoms with E-state index in [-0.39, 0.29) is 17.3 Å². The molecule has 1 atom stereocenters. The molecule has 9 heteroatoms. The molecule has 0 radical (unpaired) electrons. The van der Waals surface area contributed by atoms with Crippen LogP contribution in [0.2, 0.25) is 5.02 Å². The van der Waals surface area contributed by atoms with Gasteiger partial charge in [0.15, 0.2) is 0 Å². The molecule has 0 unspecified atom stereocenters. The number of anilines is 1. The normalized spacial score (nSPS) is 12.0. The van der Waals surface area contributed by atoms with Crippen molar-refractivity contribution in [3.8, 4) is 0 Å². The number of benzene rings is 3. The summed E-state index contributed by atoms with van der Waals surface area (Å²) in [5.41, 5.74) is 2.74. The van der Waals surface area contributed by atoms with Crippen molar-refractivity contribution in [1.29, 1.82) is 0 Å². The van der Waals surface area contributed by atoms with Gasteiger partial charge in [-0.1, -0.05) is 66.6 Å². The fourth-order valence-electron chi connectivity index (χ4n) is 4.00. The molecule has 0 saturated heterocycles. The maximum absolute atomic E-state index is 13.9. The van der Waals surface area contributed by atoms with Crippen LogP contribution in [-0.2, 0) is 26.2 Å². The minimum atomic E-state index is -4.10. The zero-order valence-corrected chi connectivity index (χ0v) is 23.7. The van der Waals surface area contributed by atoms with E-state index < -0.39 is 28.5 Å². The highest BCUT2D eigenvalue weighted by molar-refractivity contribution is 7.92. The van der Waals surface area contributed by atoms with Gasteiger partial charge in [0, 0.05) is 18.1 Å². The van der Waals surface area contributed by atoms with Crippen LogP contribution in [-0.4, -0.2) is 44.3 Å². The molecule has 0 spiro atoms. The summed E-state index contributed by atoms with van der Waals surface area (Å²) < 4.78 is 28.8. The summed E-state index contributed by atoms with van der Waals surface area (Å²) in [5.74, 6) is -0.825. The van der Waals surface area contributed by atoms with E-state index in [9.17, 15) is 18.0 Å². The van der Waals surface area contributed by atoms with E-state index in [0.29, 0.717) is 22.8 Å². The molecule has 0 aromatic heterocycles. The van der Waals surface area contributed by atoms with Crippen LogP contribution in [0.25, 0.3) is 0 Å². The highest BCUT2D eigenvalue weighted by Gasteiger charge is 2.33. The molecule has 202 valence electrons. The Kier molecular flexibility index (Phi) is 9.94. The number of nitrogens with zero attached hydrogens (tertiary/aromatic N) is 2. The van der Waals surface area contributed by atoms with E-state index in [1.807, 2.05) is 26.0 Å². The Morgan fingerprint density at radius 2 is 1.66 bits per heavy atom. The molecule has 0 aliphatic rings. The lowest BCUT2D eigenvalue weighted by atomic mass is 10.1. The molecule has 3 aromatic rings. The summed E-state index contributed by atoms with van der Waals surface area (Å²) in [6.45, 7) is 7.33. The maximum atomic E-state index is 13.9. The SMILES string of the molecule is CCCNC(=O)[C@@H](C)N(Cc1cccc(Cl)c1)C(=O)CN(c1ccccc1C)S(=O)(=O)c1ccc(C)cc1. The number of para-hydroxylation sites is 1. The van der Waals surface area contributed by atoms with Crippen LogP contribution < -0.4 is 9.62 Å². The third-order valence-corrected chi connectivity index (χ3v) is 8.24. The van der Waals surface area contributed by atoms with Crippen molar-refractivity contribution in [3.05, 3.63) is 94.5 Å². The van der Waals surface area contributed by atoms with Crippen molar-refractivity contribution >= 4 is 39.1 Å². The summed E-state index contributed by atoms with van der Waals surface area (Å²) in [6, 6.07) is 19.7. The minimum Gasteiger partial charge on any atom is -0.354 e. The number of hydrogen-bond donors (Lipinski definition) is 1. The Hall–Kier alpha value is -3.36. The third kappa shape index (κ3) is 7.14. The number of halogens is 1. The number of hydrogen-bond acceptors (Lipinski definition) is 4. The second kappa shape index (κ2) is 12.9. The molecule has 0 aliphatic heterocycles. The van der Waals surface area contributed by atoms with Gasteiger partial charge in [-0.2, -0.15) is 0 Å². The fraction of sp³-hybridized carbons (Fsp3) is 0.310. The summed E-state index contributed by atoms with van der Waals surface area (Å²) in [4.78, 5) is 28.3. The average Bonchev–Trinajstić information content (AvgIpc) is 2.89. The summed E-state index contributed by atoms with van der Waals surface area (Å²) in [5, 5.41) is 3.33. The monoisotopic (exact) mass is 555 g/mol. The second-order valence-corrected chi connectivity index (χ2v) is 11.5. The standard InChI is InChI=1S/C29H34ClN3O4S/c1-5-17-31-29(35)23(4)32(19-24-10-8-11-25(30)18-24)28(34)20-33(27-12-7-6-9-22(27)3)38(36,37)26-15-13-21(2)14-16-26/h6-16,18,23H,5,17,19-20H2,1-4H3,(H,31,35)/t23-/m1/s1. The van der Waals surface area contributed by atoms with Gasteiger partial charge in [-0.25, -0.2) is 8.42 Å². The van der Waals surface area contributed by atoms with E-state index in [0.717, 1.165) is 21.9 Å². The molecule has 1 N–H and O–H groups in total. The molecular weight excluding hydrogens is 522 g/mol. The largest absolute Gasteiger partial charge is 0.354 e. The number of amides is 2. The Morgan fingerprint density at radius 1 is 0.974 bits per heavy atom. The molecule has 7 nitrogen and oxygen atoms in total. The third-order valence-electron chi connectivity index (χ3n) is 6.23. The number of rotatable bonds is 11. The number of nitrogens with one attached hydrogen (secondary N) is 1. The zero-order valence-electron chi connectivity index (χ0n) is 22.1. The van der Waals surface area contributed by atoms with Crippen molar-refractivity contribution in [2.75, 3.05) is 17.4 Å². The maximum Gasteiger partial charge on any atom is 0.264 e. The van der Waals surface area contributed by atoms with Crippen LogP contribution in [0.1, 0.15) is 37.0 Å². The Bertz CT molecular complexity index is 1380. The highest BCUT2D eigenvalue weighted by Crippen LogP contribution is 2.27. The van der Waals surface area contributed by atoms with E-state index in [1.165, 1.54) is 17.0 Å². The Balaban J connectivity index is 2.03. The van der Waals surface area contributed by atoms with E-state index >= 15 is 0 Å². The molecule has 2 amide bonds. The molecule has 3 aromatic carbocycles. The first kappa shape index (κ1) is 29.2. The Labute approximate surface area is 230 Å². The highest BCUT2D eigenvalue weighted by atomic mass is 35.5. The number of carbonyl (C=O) groups excluding carboxylic acids is 2. The fourth-order valence-corrected chi connectivity index (χ4v) is 5.70. The molecule has 0 heterocycles. The predicted molar refractivity (Wildman–Crippen MR) is 152 cm³/mol. The van der Waals surface area contributed by atoms with Gasteiger partial charge in [-0.3, -0.25) is 13.9 Å². The van der Waals surface area contributed by atoms with Gasteiger partial charge in [0.1, 0.15) is 12.6 Å². The smallest absolute Gasteiger partial charge is 0.264 e. The van der Waals surface area contributed by atoms with Gasteiger partial charge in [0.2, 0.25) is 11.8 Å². The van der Waals surface area contributed by atoms with Gasteiger partial charge in [-0.15, -0.1) is 0 Å². The van der Waals surface area contributed by atoms with E-state index in [2.05, 4.69) is 5.32 Å². The summed E-state index contributed by atoms with van der Waals surface area (Å²) in [7, 11) is -4.10. The summed E-state index contributed by atoms with van der Waals surface area (Å²) >= 11 is 6.17. The molecule has 0 fully saturated rings. The molecule has 38 heavy (non-hydrogen) atoms. The van der Waals surface area contributed by atoms with Crippen molar-refractivity contribution in [2.24, 2.45) is 0 Å². The lowest BCUT2D eigenvalue weighted by Crippen LogP contribution is -2.51. The van der Waals surface area contributed by atoms with Gasteiger partial charge in [-0.05, 0) is 68.7 Å². The predicted octanol–water partition coefficient (Wildman–Crippen LogP) is 5.10. The van der Waals surface area contributed by atoms with Crippen LogP contribution in [0.15, 0.2) is 77.7 Å². The van der Waals surface area contributed by atoms with Crippen molar-refractivity contribution in [2.45, 2.75) is 51.6 Å². The first-order chi connectivity index (χ1) is 18.0. The van der Waals surface area contributed by atoms with Crippen molar-refractivity contribution in [3.63, 3.8) is 0 Å². The first-order valence-corrected chi connectivity index (χ1v) is 14.3. The number of carbonyl (C=O) groups is 2. The molecule has 0 saturated carbocycles. The number of sulfonamides is 1. The number of aryl methyl sites for hydroxylation is 2. The minimum absolute atomic E-state index is 0.0780. The van der Waals surface area contributed by atoms with Crippen LogP contribution >= 0.6 is 11.6 Å². The van der Waals surface area contributed by atoms with Gasteiger partial charge in [0.25, 0.3) is 10.0 Å². The first-order valence-electron chi connectivity index (χ1n) is 12.5. The average molecular weight is 556 g/mol. The van der Waals surface area contributed by atoms with E-state index in [1.54, 1.807) is 62.4 Å². The topological polar surface area (TPSA) is 86.8 Å². The van der Waals surface area contributed by atoms with Crippen molar-refractivity contribution < 1.29 is 18.0 Å². The Morgan fingerprint density at radius 3 is 2.29 bits per heavy atom. The van der Waals surface area contributed by atoms with Crippen LogP contribution in [0, 0.1) is 13.8 Å². The summed E-state index contributed by atoms with van der Waals surface area (Å²) in [6.07, 6.45) is 0.747. The molecule has 0 aliphatic carbocycles. The quantitative estimate of drug-likeness (QED) is 0.357. The second-order valence-electron chi connectivity index (χ2n) is 9.23.